The molecule has 0 amide bonds. The van der Waals surface area contributed by atoms with Crippen LogP contribution in [-0.2, 0) is 0 Å². The van der Waals surface area contributed by atoms with Crippen LogP contribution in [0.4, 0.5) is 0 Å². The van der Waals surface area contributed by atoms with Crippen LogP contribution in [0.3, 0.4) is 0 Å². The van der Waals surface area contributed by atoms with E-state index in [1.807, 2.05) is 0 Å². The van der Waals surface area contributed by atoms with Gasteiger partial charge in [0.15, 0.2) is 0 Å². The van der Waals surface area contributed by atoms with Gasteiger partial charge in [-0.1, -0.05) is 0 Å². The van der Waals surface area contributed by atoms with Gasteiger partial charge in [0.25, 0.3) is 0 Å². The predicted molar refractivity (Wildman–Crippen MR) is 26.7 cm³/mol. The lowest BCUT2D eigenvalue weighted by molar-refractivity contribution is -0.138. The van der Waals surface area contributed by atoms with Crippen molar-refractivity contribution in [2.75, 3.05) is 0 Å². The third kappa shape index (κ3) is 0.816. The van der Waals surface area contributed by atoms with Gasteiger partial charge in [-0.25, -0.2) is 5.26 Å². The molecule has 0 aromatic carbocycles. The molecule has 1 heterocycles. The summed E-state index contributed by atoms with van der Waals surface area (Å²) in [4.78, 5) is 3.84. The summed E-state index contributed by atoms with van der Waals surface area (Å²) >= 11 is 0. The first kappa shape index (κ1) is 5.18. The Bertz CT molecular complexity index is 168. The number of aryl methyl sites for hydroxylation is 1. The molecule has 3 heteroatoms. The van der Waals surface area contributed by atoms with E-state index >= 15 is 0 Å². The maximum Gasteiger partial charge on any atom is 0.203 e. The van der Waals surface area contributed by atoms with E-state index in [0.29, 0.717) is 11.5 Å². The standard InChI is InChI=1S/C5H6O3/c1-4-2-5(8-6)3-7-4/h2-3,6H,1H3. The largest absolute Gasteiger partial charge is 0.465 e. The molecule has 44 valence electrons. The molecule has 0 fully saturated rings. The van der Waals surface area contributed by atoms with E-state index in [-0.39, 0.29) is 0 Å². The summed E-state index contributed by atoms with van der Waals surface area (Å²) < 4.78 is 4.77. The van der Waals surface area contributed by atoms with Gasteiger partial charge in [-0.3, -0.25) is 0 Å². The topological polar surface area (TPSA) is 42.6 Å². The molecule has 1 aromatic rings. The van der Waals surface area contributed by atoms with E-state index in [4.69, 9.17) is 9.67 Å². The minimum Gasteiger partial charge on any atom is -0.465 e. The molecular weight excluding hydrogens is 108 g/mol. The van der Waals surface area contributed by atoms with E-state index < -0.39 is 0 Å². The van der Waals surface area contributed by atoms with Crippen molar-refractivity contribution in [1.29, 1.82) is 0 Å². The second-order valence-corrected chi connectivity index (χ2v) is 1.48. The number of hydrogen-bond acceptors (Lipinski definition) is 3. The number of rotatable bonds is 1. The summed E-state index contributed by atoms with van der Waals surface area (Å²) in [6.45, 7) is 1.77. The zero-order valence-electron chi connectivity index (χ0n) is 4.42. The van der Waals surface area contributed by atoms with Crippen LogP contribution < -0.4 is 4.89 Å². The van der Waals surface area contributed by atoms with Crippen molar-refractivity contribution in [3.63, 3.8) is 0 Å². The zero-order chi connectivity index (χ0) is 5.98. The van der Waals surface area contributed by atoms with Gasteiger partial charge < -0.3 is 9.30 Å². The molecule has 1 rings (SSSR count). The molecule has 0 spiro atoms. The molecule has 8 heavy (non-hydrogen) atoms. The van der Waals surface area contributed by atoms with E-state index in [9.17, 15) is 0 Å². The molecule has 1 aromatic heterocycles. The fourth-order valence-electron chi connectivity index (χ4n) is 0.467. The molecule has 0 saturated heterocycles. The number of furan rings is 1. The molecule has 3 nitrogen and oxygen atoms in total. The quantitative estimate of drug-likeness (QED) is 0.443. The van der Waals surface area contributed by atoms with Crippen LogP contribution >= 0.6 is 0 Å². The molecular formula is C5H6O3. The highest BCUT2D eigenvalue weighted by atomic mass is 17.1. The van der Waals surface area contributed by atoms with E-state index in [0.717, 1.165) is 0 Å². The zero-order valence-corrected chi connectivity index (χ0v) is 4.42. The molecule has 0 unspecified atom stereocenters. The minimum absolute atomic E-state index is 0.336. The Morgan fingerprint density at radius 1 is 1.75 bits per heavy atom. The van der Waals surface area contributed by atoms with E-state index in [2.05, 4.69) is 4.89 Å². The monoisotopic (exact) mass is 114 g/mol. The molecule has 0 bridgehead atoms. The maximum atomic E-state index is 7.99. The Morgan fingerprint density at radius 3 is 2.75 bits per heavy atom. The van der Waals surface area contributed by atoms with Crippen LogP contribution in [0.25, 0.3) is 0 Å². The Kier molecular flexibility index (Phi) is 1.22. The van der Waals surface area contributed by atoms with Gasteiger partial charge >= 0.3 is 0 Å². The third-order valence-electron chi connectivity index (χ3n) is 0.812. The molecule has 0 aliphatic heterocycles. The highest BCUT2D eigenvalue weighted by Gasteiger charge is 1.94. The highest BCUT2D eigenvalue weighted by molar-refractivity contribution is 5.17. The predicted octanol–water partition coefficient (Wildman–Crippen LogP) is 1.44. The van der Waals surface area contributed by atoms with Gasteiger partial charge in [0.2, 0.25) is 5.75 Å². The van der Waals surface area contributed by atoms with Crippen LogP contribution in [0, 0.1) is 6.92 Å². The van der Waals surface area contributed by atoms with E-state index in [1.54, 1.807) is 13.0 Å². The van der Waals surface area contributed by atoms with Crippen LogP contribution in [-0.4, -0.2) is 5.26 Å². The molecule has 0 aliphatic carbocycles. The van der Waals surface area contributed by atoms with Crippen LogP contribution in [0.5, 0.6) is 5.75 Å². The lowest BCUT2D eigenvalue weighted by Gasteiger charge is -1.81. The molecule has 0 aliphatic rings. The van der Waals surface area contributed by atoms with Crippen LogP contribution in [0.2, 0.25) is 0 Å². The lowest BCUT2D eigenvalue weighted by Crippen LogP contribution is -1.77. The Labute approximate surface area is 46.4 Å². The SMILES string of the molecule is Cc1cc(OO)co1. The smallest absolute Gasteiger partial charge is 0.203 e. The fraction of sp³-hybridized carbons (Fsp3) is 0.200. The van der Waals surface area contributed by atoms with Crippen molar-refractivity contribution in [1.82, 2.24) is 0 Å². The average molecular weight is 114 g/mol. The average Bonchev–Trinajstić information content (AvgIpc) is 2.14. The first-order valence-electron chi connectivity index (χ1n) is 2.19. The highest BCUT2D eigenvalue weighted by Crippen LogP contribution is 2.12. The first-order valence-corrected chi connectivity index (χ1v) is 2.19. The maximum absolute atomic E-state index is 7.99. The van der Waals surface area contributed by atoms with Gasteiger partial charge in [-0.2, -0.15) is 0 Å². The second-order valence-electron chi connectivity index (χ2n) is 1.48. The van der Waals surface area contributed by atoms with Crippen molar-refractivity contribution < 1.29 is 14.6 Å². The minimum atomic E-state index is 0.336. The summed E-state index contributed by atoms with van der Waals surface area (Å²) in [5.41, 5.74) is 0. The van der Waals surface area contributed by atoms with Crippen molar-refractivity contribution >= 4 is 0 Å². The van der Waals surface area contributed by atoms with Crippen molar-refractivity contribution in [3.05, 3.63) is 18.1 Å². The second kappa shape index (κ2) is 1.88. The van der Waals surface area contributed by atoms with Gasteiger partial charge in [0, 0.05) is 6.07 Å². The molecule has 0 saturated carbocycles. The molecule has 0 atom stereocenters. The van der Waals surface area contributed by atoms with E-state index in [1.165, 1.54) is 6.26 Å². The van der Waals surface area contributed by atoms with Crippen molar-refractivity contribution in [3.8, 4) is 5.75 Å². The first-order chi connectivity index (χ1) is 3.83. The van der Waals surface area contributed by atoms with Gasteiger partial charge in [-0.05, 0) is 6.92 Å². The summed E-state index contributed by atoms with van der Waals surface area (Å²) in [5, 5.41) is 7.99. The summed E-state index contributed by atoms with van der Waals surface area (Å²) in [7, 11) is 0. The van der Waals surface area contributed by atoms with Gasteiger partial charge in [-0.15, -0.1) is 0 Å². The molecule has 0 radical (unpaired) electrons. The van der Waals surface area contributed by atoms with Crippen molar-refractivity contribution in [2.24, 2.45) is 0 Å². The summed E-state index contributed by atoms with van der Waals surface area (Å²) in [5.74, 6) is 1.05. The lowest BCUT2D eigenvalue weighted by atomic mass is 10.5. The summed E-state index contributed by atoms with van der Waals surface area (Å²) in [6, 6.07) is 1.58. The Balaban J connectivity index is 2.84. The van der Waals surface area contributed by atoms with Crippen LogP contribution in [0.15, 0.2) is 16.7 Å². The van der Waals surface area contributed by atoms with Crippen molar-refractivity contribution in [2.45, 2.75) is 6.92 Å². The third-order valence-corrected chi connectivity index (χ3v) is 0.812. The number of hydrogen-bond donors (Lipinski definition) is 1. The summed E-state index contributed by atoms with van der Waals surface area (Å²) in [6.07, 6.45) is 1.33. The van der Waals surface area contributed by atoms with Gasteiger partial charge in [0.05, 0.1) is 0 Å². The van der Waals surface area contributed by atoms with Gasteiger partial charge in [0.1, 0.15) is 12.0 Å². The molecule has 1 N–H and O–H groups in total. The Morgan fingerprint density at radius 2 is 2.50 bits per heavy atom. The normalized spacial score (nSPS) is 9.25. The van der Waals surface area contributed by atoms with Crippen LogP contribution in [0.1, 0.15) is 5.76 Å². The fourth-order valence-corrected chi connectivity index (χ4v) is 0.467. The Hall–Kier alpha value is -0.960.